The van der Waals surface area contributed by atoms with Crippen LogP contribution in [0.4, 0.5) is 0 Å². The highest BCUT2D eigenvalue weighted by Crippen LogP contribution is 2.09. The minimum Gasteiger partial charge on any atom is -0.341 e. The molecule has 3 aromatic rings. The van der Waals surface area contributed by atoms with E-state index in [4.69, 9.17) is 0 Å². The van der Waals surface area contributed by atoms with E-state index >= 15 is 0 Å². The van der Waals surface area contributed by atoms with Gasteiger partial charge in [0.1, 0.15) is 5.82 Å². The maximum absolute atomic E-state index is 4.53. The SMILES string of the molecule is C(=C\c1ccccc1)/CNCc1nc2ccccc2[nH]1.Cl.Cl. The molecule has 0 unspecified atom stereocenters. The molecule has 5 heteroatoms. The number of aromatic amines is 1. The summed E-state index contributed by atoms with van der Waals surface area (Å²) < 4.78 is 0. The molecule has 3 nitrogen and oxygen atoms in total. The van der Waals surface area contributed by atoms with E-state index in [2.05, 4.69) is 39.6 Å². The van der Waals surface area contributed by atoms with Crippen LogP contribution in [0.2, 0.25) is 0 Å². The average molecular weight is 336 g/mol. The summed E-state index contributed by atoms with van der Waals surface area (Å²) in [7, 11) is 0. The van der Waals surface area contributed by atoms with Crippen LogP contribution in [-0.4, -0.2) is 16.5 Å². The highest BCUT2D eigenvalue weighted by Gasteiger charge is 1.99. The van der Waals surface area contributed by atoms with Gasteiger partial charge in [0.2, 0.25) is 0 Å². The summed E-state index contributed by atoms with van der Waals surface area (Å²) in [6, 6.07) is 18.4. The van der Waals surface area contributed by atoms with E-state index in [1.807, 2.05) is 42.5 Å². The van der Waals surface area contributed by atoms with Crippen molar-refractivity contribution in [3.8, 4) is 0 Å². The summed E-state index contributed by atoms with van der Waals surface area (Å²) in [6.07, 6.45) is 4.24. The van der Waals surface area contributed by atoms with Gasteiger partial charge in [0.25, 0.3) is 0 Å². The van der Waals surface area contributed by atoms with Crippen LogP contribution in [0.15, 0.2) is 60.7 Å². The second kappa shape index (κ2) is 9.26. The van der Waals surface area contributed by atoms with Gasteiger partial charge >= 0.3 is 0 Å². The van der Waals surface area contributed by atoms with Gasteiger partial charge in [0, 0.05) is 6.54 Å². The molecule has 1 heterocycles. The third-order valence-corrected chi connectivity index (χ3v) is 3.10. The number of rotatable bonds is 5. The normalized spacial score (nSPS) is 10.4. The Bertz CT molecular complexity index is 675. The highest BCUT2D eigenvalue weighted by molar-refractivity contribution is 5.85. The summed E-state index contributed by atoms with van der Waals surface area (Å²) in [4.78, 5) is 7.83. The molecular weight excluding hydrogens is 317 g/mol. The minimum atomic E-state index is 0. The predicted octanol–water partition coefficient (Wildman–Crippen LogP) is 4.21. The van der Waals surface area contributed by atoms with Gasteiger partial charge in [-0.05, 0) is 17.7 Å². The van der Waals surface area contributed by atoms with Gasteiger partial charge < -0.3 is 10.3 Å². The lowest BCUT2D eigenvalue weighted by Gasteiger charge is -1.97. The molecule has 0 saturated carbocycles. The number of nitrogens with zero attached hydrogens (tertiary/aromatic N) is 1. The third-order valence-electron chi connectivity index (χ3n) is 3.10. The van der Waals surface area contributed by atoms with Crippen molar-refractivity contribution in [1.29, 1.82) is 0 Å². The van der Waals surface area contributed by atoms with Crippen LogP contribution in [0.25, 0.3) is 17.1 Å². The Labute approximate surface area is 142 Å². The standard InChI is InChI=1S/C17H17N3.2ClH/c1-2-7-14(8-3-1)9-6-12-18-13-17-19-15-10-4-5-11-16(15)20-17;;/h1-11,18H,12-13H2,(H,19,20);2*1H/b9-6+;;. The Hall–Kier alpha value is -1.81. The quantitative estimate of drug-likeness (QED) is 0.685. The first kappa shape index (κ1) is 18.2. The van der Waals surface area contributed by atoms with E-state index in [-0.39, 0.29) is 24.8 Å². The van der Waals surface area contributed by atoms with Crippen molar-refractivity contribution < 1.29 is 0 Å². The van der Waals surface area contributed by atoms with Crippen molar-refractivity contribution >= 4 is 41.9 Å². The van der Waals surface area contributed by atoms with Gasteiger partial charge in [-0.3, -0.25) is 0 Å². The van der Waals surface area contributed by atoms with Crippen molar-refractivity contribution in [2.75, 3.05) is 6.54 Å². The first-order valence-corrected chi connectivity index (χ1v) is 6.78. The monoisotopic (exact) mass is 335 g/mol. The maximum Gasteiger partial charge on any atom is 0.121 e. The number of hydrogen-bond acceptors (Lipinski definition) is 2. The van der Waals surface area contributed by atoms with Gasteiger partial charge in [-0.1, -0.05) is 54.6 Å². The Morgan fingerprint density at radius 3 is 2.45 bits per heavy atom. The number of fused-ring (bicyclic) bond motifs is 1. The predicted molar refractivity (Wildman–Crippen MR) is 97.8 cm³/mol. The van der Waals surface area contributed by atoms with E-state index in [1.165, 1.54) is 5.56 Å². The van der Waals surface area contributed by atoms with Crippen LogP contribution in [-0.2, 0) is 6.54 Å². The van der Waals surface area contributed by atoms with Crippen molar-refractivity contribution in [3.05, 3.63) is 72.1 Å². The zero-order chi connectivity index (χ0) is 13.6. The first-order chi connectivity index (χ1) is 9.92. The molecule has 0 fully saturated rings. The Morgan fingerprint density at radius 1 is 0.955 bits per heavy atom. The van der Waals surface area contributed by atoms with E-state index in [0.29, 0.717) is 0 Å². The molecule has 2 aromatic carbocycles. The second-order valence-electron chi connectivity index (χ2n) is 4.64. The lowest BCUT2D eigenvalue weighted by atomic mass is 10.2. The van der Waals surface area contributed by atoms with Crippen LogP contribution in [0.3, 0.4) is 0 Å². The van der Waals surface area contributed by atoms with Crippen molar-refractivity contribution in [2.24, 2.45) is 0 Å². The molecule has 0 radical (unpaired) electrons. The van der Waals surface area contributed by atoms with Crippen LogP contribution in [0, 0.1) is 0 Å². The molecule has 0 saturated heterocycles. The molecule has 0 atom stereocenters. The molecule has 0 aliphatic heterocycles. The fraction of sp³-hybridized carbons (Fsp3) is 0.118. The molecule has 22 heavy (non-hydrogen) atoms. The largest absolute Gasteiger partial charge is 0.341 e. The summed E-state index contributed by atoms with van der Waals surface area (Å²) in [6.45, 7) is 1.57. The summed E-state index contributed by atoms with van der Waals surface area (Å²) >= 11 is 0. The number of aromatic nitrogens is 2. The fourth-order valence-corrected chi connectivity index (χ4v) is 2.12. The lowest BCUT2D eigenvalue weighted by Crippen LogP contribution is -2.13. The Kier molecular flexibility index (Phi) is 7.67. The average Bonchev–Trinajstić information content (AvgIpc) is 2.90. The van der Waals surface area contributed by atoms with Gasteiger partial charge in [0.15, 0.2) is 0 Å². The minimum absolute atomic E-state index is 0. The van der Waals surface area contributed by atoms with E-state index < -0.39 is 0 Å². The van der Waals surface area contributed by atoms with Crippen LogP contribution >= 0.6 is 24.8 Å². The Balaban J connectivity index is 0.00000121. The molecule has 2 N–H and O–H groups in total. The second-order valence-corrected chi connectivity index (χ2v) is 4.64. The van der Waals surface area contributed by atoms with Crippen LogP contribution < -0.4 is 5.32 Å². The number of benzene rings is 2. The maximum atomic E-state index is 4.53. The molecule has 0 aliphatic carbocycles. The molecule has 3 rings (SSSR count). The van der Waals surface area contributed by atoms with Gasteiger partial charge in [-0.2, -0.15) is 0 Å². The van der Waals surface area contributed by atoms with Crippen LogP contribution in [0.1, 0.15) is 11.4 Å². The van der Waals surface area contributed by atoms with E-state index in [1.54, 1.807) is 0 Å². The number of nitrogens with one attached hydrogen (secondary N) is 2. The van der Waals surface area contributed by atoms with Crippen molar-refractivity contribution in [2.45, 2.75) is 6.54 Å². The van der Waals surface area contributed by atoms with E-state index in [0.717, 1.165) is 29.9 Å². The molecule has 0 spiro atoms. The first-order valence-electron chi connectivity index (χ1n) is 6.78. The zero-order valence-corrected chi connectivity index (χ0v) is 13.7. The summed E-state index contributed by atoms with van der Waals surface area (Å²) in [5.74, 6) is 0.972. The fourth-order valence-electron chi connectivity index (χ4n) is 2.12. The summed E-state index contributed by atoms with van der Waals surface area (Å²) in [5.41, 5.74) is 3.33. The molecule has 1 aromatic heterocycles. The number of hydrogen-bond donors (Lipinski definition) is 2. The highest BCUT2D eigenvalue weighted by atomic mass is 35.5. The number of imidazole rings is 1. The van der Waals surface area contributed by atoms with Gasteiger partial charge in [-0.15, -0.1) is 24.8 Å². The van der Waals surface area contributed by atoms with Crippen molar-refractivity contribution in [1.82, 2.24) is 15.3 Å². The number of halogens is 2. The number of para-hydroxylation sites is 2. The molecular formula is C17H19Cl2N3. The smallest absolute Gasteiger partial charge is 0.121 e. The van der Waals surface area contributed by atoms with E-state index in [9.17, 15) is 0 Å². The van der Waals surface area contributed by atoms with Crippen LogP contribution in [0.5, 0.6) is 0 Å². The molecule has 116 valence electrons. The number of H-pyrrole nitrogens is 1. The molecule has 0 bridgehead atoms. The topological polar surface area (TPSA) is 40.7 Å². The zero-order valence-electron chi connectivity index (χ0n) is 12.0. The molecule has 0 amide bonds. The molecule has 0 aliphatic rings. The lowest BCUT2D eigenvalue weighted by molar-refractivity contribution is 0.728. The Morgan fingerprint density at radius 2 is 1.68 bits per heavy atom. The van der Waals surface area contributed by atoms with Gasteiger partial charge in [0.05, 0.1) is 17.6 Å². The third kappa shape index (κ3) is 4.88. The van der Waals surface area contributed by atoms with Crippen molar-refractivity contribution in [3.63, 3.8) is 0 Å². The van der Waals surface area contributed by atoms with Gasteiger partial charge in [-0.25, -0.2) is 4.98 Å². The summed E-state index contributed by atoms with van der Waals surface area (Å²) in [5, 5.41) is 3.35.